The van der Waals surface area contributed by atoms with Crippen LogP contribution < -0.4 is 5.32 Å². The van der Waals surface area contributed by atoms with Gasteiger partial charge in [0.15, 0.2) is 15.6 Å². The fourth-order valence-electron chi connectivity index (χ4n) is 3.17. The van der Waals surface area contributed by atoms with Crippen LogP contribution in [0.2, 0.25) is 0 Å². The van der Waals surface area contributed by atoms with Crippen LogP contribution in [0.3, 0.4) is 0 Å². The lowest BCUT2D eigenvalue weighted by Gasteiger charge is -2.08. The molecule has 3 rings (SSSR count). The fraction of sp³-hybridized carbons (Fsp3) is 0.227. The lowest BCUT2D eigenvalue weighted by atomic mass is 9.94. The third kappa shape index (κ3) is 4.65. The highest BCUT2D eigenvalue weighted by atomic mass is 32.2. The second-order valence-electron chi connectivity index (χ2n) is 6.90. The van der Waals surface area contributed by atoms with Crippen molar-refractivity contribution in [3.05, 3.63) is 65.2 Å². The van der Waals surface area contributed by atoms with E-state index in [4.69, 9.17) is 4.74 Å². The normalized spacial score (nSPS) is 13.9. The van der Waals surface area contributed by atoms with Gasteiger partial charge in [0.05, 0.1) is 10.5 Å². The highest BCUT2D eigenvalue weighted by Crippen LogP contribution is 2.33. The number of cyclic esters (lactones) is 1. The largest absolute Gasteiger partial charge is 0.457 e. The van der Waals surface area contributed by atoms with Crippen molar-refractivity contribution in [2.45, 2.75) is 17.7 Å². The summed E-state index contributed by atoms with van der Waals surface area (Å²) in [4.78, 5) is 36.4. The zero-order valence-electron chi connectivity index (χ0n) is 16.6. The molecule has 8 heteroatoms. The van der Waals surface area contributed by atoms with Gasteiger partial charge in [0.1, 0.15) is 6.61 Å². The Balaban J connectivity index is 1.95. The number of benzene rings is 2. The number of Topliss-reactive ketones (excluding diaryl/α,β-unsaturated/α-hetero) is 1. The molecule has 1 aliphatic rings. The third-order valence-corrected chi connectivity index (χ3v) is 5.94. The maximum Gasteiger partial charge on any atom is 0.339 e. The zero-order valence-corrected chi connectivity index (χ0v) is 17.4. The van der Waals surface area contributed by atoms with E-state index in [0.717, 1.165) is 6.26 Å². The Morgan fingerprint density at radius 1 is 1.03 bits per heavy atom. The predicted octanol–water partition coefficient (Wildman–Crippen LogP) is 2.27. The van der Waals surface area contributed by atoms with Gasteiger partial charge in [0.25, 0.3) is 0 Å². The quantitative estimate of drug-likeness (QED) is 0.537. The number of ketones is 1. The highest BCUT2D eigenvalue weighted by molar-refractivity contribution is 7.90. The number of esters is 1. The van der Waals surface area contributed by atoms with Gasteiger partial charge in [-0.15, -0.1) is 0 Å². The fourth-order valence-corrected chi connectivity index (χ4v) is 3.80. The first-order valence-electron chi connectivity index (χ1n) is 9.25. The van der Waals surface area contributed by atoms with Gasteiger partial charge in [-0.2, -0.15) is 0 Å². The number of ether oxygens (including phenoxy) is 1. The molecule has 1 aliphatic heterocycles. The van der Waals surface area contributed by atoms with E-state index < -0.39 is 15.8 Å². The van der Waals surface area contributed by atoms with Crippen molar-refractivity contribution in [2.24, 2.45) is 0 Å². The molecule has 0 saturated carbocycles. The van der Waals surface area contributed by atoms with Crippen molar-refractivity contribution >= 4 is 38.6 Å². The van der Waals surface area contributed by atoms with E-state index in [0.29, 0.717) is 27.8 Å². The van der Waals surface area contributed by atoms with Crippen LogP contribution in [0.4, 0.5) is 0 Å². The monoisotopic (exact) mass is 427 g/mol. The minimum Gasteiger partial charge on any atom is -0.457 e. The second-order valence-corrected chi connectivity index (χ2v) is 8.92. The number of hydrogen-bond donors (Lipinski definition) is 1. The van der Waals surface area contributed by atoms with Crippen LogP contribution in [0.25, 0.3) is 11.1 Å². The molecule has 0 aliphatic carbocycles. The number of hydrogen-bond acceptors (Lipinski definition) is 6. The van der Waals surface area contributed by atoms with Gasteiger partial charge in [0, 0.05) is 37.3 Å². The molecule has 1 amide bonds. The van der Waals surface area contributed by atoms with Crippen LogP contribution >= 0.6 is 0 Å². The SMILES string of the molecule is CNC(=O)CCC(=O)c1cccc(C2=C(c3ccc(S(C)(=O)=O)cc3)COC2=O)c1. The van der Waals surface area contributed by atoms with E-state index >= 15 is 0 Å². The summed E-state index contributed by atoms with van der Waals surface area (Å²) in [6, 6.07) is 12.9. The first-order chi connectivity index (χ1) is 14.2. The number of sulfone groups is 1. The maximum absolute atomic E-state index is 12.4. The van der Waals surface area contributed by atoms with Crippen molar-refractivity contribution in [1.29, 1.82) is 0 Å². The van der Waals surface area contributed by atoms with Crippen LogP contribution in [0.5, 0.6) is 0 Å². The summed E-state index contributed by atoms with van der Waals surface area (Å²) in [7, 11) is -1.82. The molecule has 0 spiro atoms. The van der Waals surface area contributed by atoms with Crippen LogP contribution in [0.15, 0.2) is 53.4 Å². The molecule has 2 aromatic rings. The summed E-state index contributed by atoms with van der Waals surface area (Å²) >= 11 is 0. The van der Waals surface area contributed by atoms with Crippen LogP contribution in [0, 0.1) is 0 Å². The molecule has 1 N–H and O–H groups in total. The first-order valence-corrected chi connectivity index (χ1v) is 11.1. The molecule has 156 valence electrons. The molecule has 0 atom stereocenters. The van der Waals surface area contributed by atoms with Crippen LogP contribution in [0.1, 0.15) is 34.3 Å². The molecular weight excluding hydrogens is 406 g/mol. The molecule has 0 radical (unpaired) electrons. The average Bonchev–Trinajstić information content (AvgIpc) is 3.12. The average molecular weight is 427 g/mol. The summed E-state index contributed by atoms with van der Waals surface area (Å²) < 4.78 is 28.6. The number of amides is 1. The standard InChI is InChI=1S/C22H21NO6S/c1-23-20(25)11-10-19(24)15-4-3-5-16(12-15)21-18(13-29-22(21)26)14-6-8-17(9-7-14)30(2,27)28/h3-9,12H,10-11,13H2,1-2H3,(H,23,25). The highest BCUT2D eigenvalue weighted by Gasteiger charge is 2.28. The molecule has 30 heavy (non-hydrogen) atoms. The Hall–Kier alpha value is -3.26. The zero-order chi connectivity index (χ0) is 21.9. The number of carbonyl (C=O) groups excluding carboxylic acids is 3. The molecule has 0 unspecified atom stereocenters. The number of rotatable bonds is 7. The second kappa shape index (κ2) is 8.62. The summed E-state index contributed by atoms with van der Waals surface area (Å²) in [5.41, 5.74) is 2.55. The van der Waals surface area contributed by atoms with Crippen molar-refractivity contribution in [2.75, 3.05) is 19.9 Å². The predicted molar refractivity (Wildman–Crippen MR) is 111 cm³/mol. The van der Waals surface area contributed by atoms with Gasteiger partial charge >= 0.3 is 5.97 Å². The number of carbonyl (C=O) groups is 3. The van der Waals surface area contributed by atoms with Crippen molar-refractivity contribution in [3.8, 4) is 0 Å². The topological polar surface area (TPSA) is 107 Å². The smallest absolute Gasteiger partial charge is 0.339 e. The van der Waals surface area contributed by atoms with Gasteiger partial charge in [-0.1, -0.05) is 30.3 Å². The Labute approximate surface area is 174 Å². The van der Waals surface area contributed by atoms with Crippen LogP contribution in [-0.4, -0.2) is 46.0 Å². The van der Waals surface area contributed by atoms with Crippen molar-refractivity contribution in [1.82, 2.24) is 5.32 Å². The van der Waals surface area contributed by atoms with E-state index in [1.807, 2.05) is 0 Å². The van der Waals surface area contributed by atoms with E-state index in [2.05, 4.69) is 5.32 Å². The molecule has 1 heterocycles. The van der Waals surface area contributed by atoms with Crippen molar-refractivity contribution < 1.29 is 27.5 Å². The van der Waals surface area contributed by atoms with E-state index in [1.54, 1.807) is 36.4 Å². The number of nitrogens with one attached hydrogen (secondary N) is 1. The van der Waals surface area contributed by atoms with Gasteiger partial charge in [-0.05, 0) is 29.3 Å². The molecule has 0 saturated heterocycles. The minimum atomic E-state index is -3.33. The Kier molecular flexibility index (Phi) is 6.17. The van der Waals surface area contributed by atoms with E-state index in [-0.39, 0.29) is 36.0 Å². The van der Waals surface area contributed by atoms with Gasteiger partial charge < -0.3 is 10.1 Å². The summed E-state index contributed by atoms with van der Waals surface area (Å²) in [6.45, 7) is 0.0568. The summed E-state index contributed by atoms with van der Waals surface area (Å²) in [5, 5.41) is 2.47. The minimum absolute atomic E-state index is 0.0568. The van der Waals surface area contributed by atoms with E-state index in [1.165, 1.54) is 19.2 Å². The molecule has 7 nitrogen and oxygen atoms in total. The Morgan fingerprint density at radius 3 is 2.37 bits per heavy atom. The first kappa shape index (κ1) is 21.4. The van der Waals surface area contributed by atoms with Gasteiger partial charge in [0.2, 0.25) is 5.91 Å². The lowest BCUT2D eigenvalue weighted by Crippen LogP contribution is -2.18. The molecule has 2 aromatic carbocycles. The van der Waals surface area contributed by atoms with E-state index in [9.17, 15) is 22.8 Å². The Morgan fingerprint density at radius 2 is 1.73 bits per heavy atom. The van der Waals surface area contributed by atoms with Gasteiger partial charge in [-0.25, -0.2) is 13.2 Å². The third-order valence-electron chi connectivity index (χ3n) is 4.82. The molecule has 0 fully saturated rings. The maximum atomic E-state index is 12.4. The van der Waals surface area contributed by atoms with Crippen LogP contribution in [-0.2, 0) is 24.2 Å². The van der Waals surface area contributed by atoms with Crippen molar-refractivity contribution in [3.63, 3.8) is 0 Å². The molecule has 0 aromatic heterocycles. The summed E-state index contributed by atoms with van der Waals surface area (Å²) in [5.74, 6) is -0.931. The van der Waals surface area contributed by atoms with Gasteiger partial charge in [-0.3, -0.25) is 9.59 Å². The lowest BCUT2D eigenvalue weighted by molar-refractivity contribution is -0.133. The Bertz CT molecular complexity index is 1150. The molecular formula is C22H21NO6S. The summed E-state index contributed by atoms with van der Waals surface area (Å²) in [6.07, 6.45) is 1.27. The molecule has 0 bridgehead atoms.